The Bertz CT molecular complexity index is 894. The van der Waals surface area contributed by atoms with Gasteiger partial charge in [0.2, 0.25) is 0 Å². The SMILES string of the molecule is CC(C)C1CCC(C(=O)OCC23CC4CC(C2)CC(COC(=O)C(F)(F)S(=O)(=O)O)(C4)C3)CC1. The molecule has 0 saturated heterocycles. The molecule has 2 atom stereocenters. The molecular weight excluding hydrogens is 470 g/mol. The number of esters is 2. The largest absolute Gasteiger partial charge is 0.465 e. The van der Waals surface area contributed by atoms with Crippen molar-refractivity contribution in [1.29, 1.82) is 0 Å². The Balaban J connectivity index is 1.36. The lowest BCUT2D eigenvalue weighted by Gasteiger charge is -2.61. The Labute approximate surface area is 200 Å². The fraction of sp³-hybridized carbons (Fsp3) is 0.917. The van der Waals surface area contributed by atoms with Crippen molar-refractivity contribution in [2.75, 3.05) is 13.2 Å². The summed E-state index contributed by atoms with van der Waals surface area (Å²) >= 11 is 0. The van der Waals surface area contributed by atoms with Gasteiger partial charge < -0.3 is 9.47 Å². The Morgan fingerprint density at radius 2 is 1.47 bits per heavy atom. The normalized spacial score (nSPS) is 37.6. The molecule has 5 saturated carbocycles. The molecule has 2 unspecified atom stereocenters. The van der Waals surface area contributed by atoms with Crippen LogP contribution in [0.3, 0.4) is 0 Å². The molecule has 0 amide bonds. The molecule has 5 rings (SSSR count). The third kappa shape index (κ3) is 4.99. The Morgan fingerprint density at radius 3 is 1.94 bits per heavy atom. The van der Waals surface area contributed by atoms with Gasteiger partial charge in [0.05, 0.1) is 19.1 Å². The van der Waals surface area contributed by atoms with Gasteiger partial charge in [0.1, 0.15) is 0 Å². The van der Waals surface area contributed by atoms with Gasteiger partial charge in [0.25, 0.3) is 0 Å². The average molecular weight is 507 g/mol. The van der Waals surface area contributed by atoms with E-state index in [9.17, 15) is 26.8 Å². The molecule has 5 fully saturated rings. The van der Waals surface area contributed by atoms with Gasteiger partial charge in [-0.2, -0.15) is 17.2 Å². The number of halogens is 2. The zero-order chi connectivity index (χ0) is 24.9. The molecule has 194 valence electrons. The summed E-state index contributed by atoms with van der Waals surface area (Å²) in [6.45, 7) is 4.40. The molecule has 0 aromatic rings. The lowest BCUT2D eigenvalue weighted by atomic mass is 9.44. The lowest BCUT2D eigenvalue weighted by Crippen LogP contribution is -2.56. The Hall–Kier alpha value is -1.29. The highest BCUT2D eigenvalue weighted by atomic mass is 32.2. The smallest absolute Gasteiger partial charge is 0.465 e. The van der Waals surface area contributed by atoms with E-state index in [1.165, 1.54) is 0 Å². The van der Waals surface area contributed by atoms with Gasteiger partial charge in [-0.15, -0.1) is 0 Å². The second-order valence-electron chi connectivity index (χ2n) is 12.0. The molecule has 0 spiro atoms. The molecule has 10 heteroatoms. The highest BCUT2D eigenvalue weighted by Crippen LogP contribution is 2.65. The first-order chi connectivity index (χ1) is 15.7. The molecule has 7 nitrogen and oxygen atoms in total. The van der Waals surface area contributed by atoms with Gasteiger partial charge in [0.15, 0.2) is 0 Å². The Morgan fingerprint density at radius 1 is 0.971 bits per heavy atom. The van der Waals surface area contributed by atoms with Crippen LogP contribution >= 0.6 is 0 Å². The first-order valence-electron chi connectivity index (χ1n) is 12.4. The van der Waals surface area contributed by atoms with Crippen LogP contribution < -0.4 is 0 Å². The second-order valence-corrected chi connectivity index (χ2v) is 13.5. The van der Waals surface area contributed by atoms with Crippen LogP contribution in [0.5, 0.6) is 0 Å². The number of hydrogen-bond acceptors (Lipinski definition) is 6. The summed E-state index contributed by atoms with van der Waals surface area (Å²) in [5.74, 6) is -0.518. The monoisotopic (exact) mass is 506 g/mol. The lowest BCUT2D eigenvalue weighted by molar-refractivity contribution is -0.187. The standard InChI is InChI=1S/C24H36F2O7S/c1-15(2)18-3-5-19(6-4-18)20(27)32-13-22-8-16-7-17(9-22)11-23(10-16,12-22)14-33-21(28)24(25,26)34(29,30)31/h15-19H,3-14H2,1-2H3,(H,29,30,31). The van der Waals surface area contributed by atoms with Crippen molar-refractivity contribution < 1.29 is 40.8 Å². The fourth-order valence-electron chi connectivity index (χ4n) is 7.76. The van der Waals surface area contributed by atoms with Crippen LogP contribution in [0.2, 0.25) is 0 Å². The third-order valence-electron chi connectivity index (χ3n) is 8.94. The minimum absolute atomic E-state index is 0.0681. The number of ether oxygens (including phenoxy) is 2. The van der Waals surface area contributed by atoms with Gasteiger partial charge in [-0.05, 0) is 87.9 Å². The van der Waals surface area contributed by atoms with E-state index < -0.39 is 26.8 Å². The van der Waals surface area contributed by atoms with Gasteiger partial charge >= 0.3 is 27.3 Å². The number of hydrogen-bond donors (Lipinski definition) is 1. The molecule has 1 N–H and O–H groups in total. The summed E-state index contributed by atoms with van der Waals surface area (Å²) in [5, 5.41) is -4.99. The van der Waals surface area contributed by atoms with E-state index in [2.05, 4.69) is 13.8 Å². The highest BCUT2D eigenvalue weighted by Gasteiger charge is 2.60. The van der Waals surface area contributed by atoms with E-state index >= 15 is 0 Å². The summed E-state index contributed by atoms with van der Waals surface area (Å²) < 4.78 is 68.3. The third-order valence-corrected chi connectivity index (χ3v) is 9.76. The first kappa shape index (κ1) is 25.8. The molecule has 0 heterocycles. The van der Waals surface area contributed by atoms with Gasteiger partial charge in [0, 0.05) is 10.8 Å². The van der Waals surface area contributed by atoms with Crippen molar-refractivity contribution in [1.82, 2.24) is 0 Å². The topological polar surface area (TPSA) is 107 Å². The molecule has 34 heavy (non-hydrogen) atoms. The minimum Gasteiger partial charge on any atom is -0.465 e. The summed E-state index contributed by atoms with van der Waals surface area (Å²) in [5.41, 5.74) is -0.788. The van der Waals surface area contributed by atoms with E-state index in [-0.39, 0.29) is 23.9 Å². The Kier molecular flexibility index (Phi) is 6.81. The number of carbonyl (C=O) groups excluding carboxylic acids is 2. The summed E-state index contributed by atoms with van der Waals surface area (Å²) in [6.07, 6.45) is 8.60. The average Bonchev–Trinajstić information content (AvgIpc) is 2.74. The highest BCUT2D eigenvalue weighted by molar-refractivity contribution is 7.87. The van der Waals surface area contributed by atoms with E-state index in [4.69, 9.17) is 14.0 Å². The van der Waals surface area contributed by atoms with Gasteiger partial charge in [-0.3, -0.25) is 9.35 Å². The van der Waals surface area contributed by atoms with Gasteiger partial charge in [-0.25, -0.2) is 4.79 Å². The van der Waals surface area contributed by atoms with Crippen molar-refractivity contribution >= 4 is 22.1 Å². The maximum Gasteiger partial charge on any atom is 0.465 e. The summed E-state index contributed by atoms with van der Waals surface area (Å²) in [4.78, 5) is 24.6. The predicted molar refractivity (Wildman–Crippen MR) is 118 cm³/mol. The quantitative estimate of drug-likeness (QED) is 0.379. The maximum absolute atomic E-state index is 13.6. The molecule has 0 aliphatic heterocycles. The maximum atomic E-state index is 13.6. The number of alkyl halides is 2. The number of carbonyl (C=O) groups is 2. The van der Waals surface area contributed by atoms with Gasteiger partial charge in [-0.1, -0.05) is 13.8 Å². The molecule has 5 aliphatic rings. The van der Waals surface area contributed by atoms with Crippen LogP contribution in [-0.4, -0.2) is 43.4 Å². The summed E-state index contributed by atoms with van der Waals surface area (Å²) in [6, 6.07) is 0. The number of rotatable bonds is 8. The van der Waals surface area contributed by atoms with E-state index in [0.717, 1.165) is 44.9 Å². The first-order valence-corrected chi connectivity index (χ1v) is 13.9. The minimum atomic E-state index is -5.89. The zero-order valence-electron chi connectivity index (χ0n) is 19.9. The van der Waals surface area contributed by atoms with Crippen molar-refractivity contribution in [3.05, 3.63) is 0 Å². The predicted octanol–water partition coefficient (Wildman–Crippen LogP) is 4.60. The van der Waals surface area contributed by atoms with Crippen LogP contribution in [0.25, 0.3) is 0 Å². The van der Waals surface area contributed by atoms with Crippen molar-refractivity contribution in [2.24, 2.45) is 40.4 Å². The van der Waals surface area contributed by atoms with E-state index in [0.29, 0.717) is 49.5 Å². The van der Waals surface area contributed by atoms with Crippen molar-refractivity contribution in [2.45, 2.75) is 83.3 Å². The second kappa shape index (κ2) is 8.98. The van der Waals surface area contributed by atoms with Crippen molar-refractivity contribution in [3.8, 4) is 0 Å². The molecular formula is C24H36F2O7S. The van der Waals surface area contributed by atoms with Crippen molar-refractivity contribution in [3.63, 3.8) is 0 Å². The molecule has 0 aromatic heterocycles. The van der Waals surface area contributed by atoms with E-state index in [1.807, 2.05) is 0 Å². The van der Waals surface area contributed by atoms with E-state index in [1.54, 1.807) is 0 Å². The molecule has 0 radical (unpaired) electrons. The van der Waals surface area contributed by atoms with Crippen LogP contribution in [0, 0.1) is 40.4 Å². The van der Waals surface area contributed by atoms with Crippen LogP contribution in [0.4, 0.5) is 8.78 Å². The van der Waals surface area contributed by atoms with Crippen LogP contribution in [-0.2, 0) is 29.2 Å². The fourth-order valence-corrected chi connectivity index (χ4v) is 8.03. The summed E-state index contributed by atoms with van der Waals surface area (Å²) in [7, 11) is -5.89. The molecule has 4 bridgehead atoms. The van der Waals surface area contributed by atoms with Crippen LogP contribution in [0.1, 0.15) is 78.1 Å². The zero-order valence-corrected chi connectivity index (χ0v) is 20.7. The van der Waals surface area contributed by atoms with Crippen LogP contribution in [0.15, 0.2) is 0 Å². The molecule has 5 aliphatic carbocycles. The molecule has 0 aromatic carbocycles.